The average Bonchev–Trinajstić information content (AvgIpc) is 2.77. The van der Waals surface area contributed by atoms with Gasteiger partial charge in [0.25, 0.3) is 0 Å². The van der Waals surface area contributed by atoms with Crippen molar-refractivity contribution in [3.05, 3.63) is 0 Å². The summed E-state index contributed by atoms with van der Waals surface area (Å²) >= 11 is 0. The van der Waals surface area contributed by atoms with Crippen LogP contribution < -0.4 is 0 Å². The first-order valence-corrected chi connectivity index (χ1v) is 4.91. The maximum Gasteiger partial charge on any atom is 0.0589 e. The highest BCUT2D eigenvalue weighted by Crippen LogP contribution is 2.45. The van der Waals surface area contributed by atoms with Gasteiger partial charge in [-0.25, -0.2) is 0 Å². The van der Waals surface area contributed by atoms with Gasteiger partial charge >= 0.3 is 0 Å². The quantitative estimate of drug-likeness (QED) is 0.603. The molecule has 1 fully saturated rings. The summed E-state index contributed by atoms with van der Waals surface area (Å²) in [6.45, 7) is 8.96. The second kappa shape index (κ2) is 4.24. The highest BCUT2D eigenvalue weighted by Gasteiger charge is 2.38. The number of hydrogen-bond acceptors (Lipinski definition) is 2. The van der Waals surface area contributed by atoms with E-state index in [1.54, 1.807) is 7.11 Å². The highest BCUT2D eigenvalue weighted by atomic mass is 16.5. The number of hydrogen-bond donors (Lipinski definition) is 0. The van der Waals surface area contributed by atoms with Crippen molar-refractivity contribution in [2.45, 2.75) is 26.7 Å². The van der Waals surface area contributed by atoms with Crippen LogP contribution in [0, 0.1) is 5.41 Å². The second-order valence-corrected chi connectivity index (χ2v) is 4.17. The molecule has 0 amide bonds. The molecule has 0 radical (unpaired) electrons. The first-order valence-electron chi connectivity index (χ1n) is 4.91. The van der Waals surface area contributed by atoms with Crippen molar-refractivity contribution >= 4 is 0 Å². The zero-order valence-electron chi connectivity index (χ0n) is 8.60. The number of ether oxygens (including phenoxy) is 1. The predicted octanol–water partition coefficient (Wildman–Crippen LogP) is 1.75. The van der Waals surface area contributed by atoms with E-state index in [1.807, 2.05) is 0 Å². The molecule has 1 aliphatic carbocycles. The van der Waals surface area contributed by atoms with Gasteiger partial charge in [0, 0.05) is 20.2 Å². The van der Waals surface area contributed by atoms with Crippen LogP contribution in [0.4, 0.5) is 0 Å². The summed E-state index contributed by atoms with van der Waals surface area (Å²) < 4.78 is 5.07. The summed E-state index contributed by atoms with van der Waals surface area (Å²) in [7, 11) is 1.77. The van der Waals surface area contributed by atoms with Gasteiger partial charge in [-0.2, -0.15) is 0 Å². The summed E-state index contributed by atoms with van der Waals surface area (Å²) in [6, 6.07) is 0. The summed E-state index contributed by atoms with van der Waals surface area (Å²) in [5.41, 5.74) is 0.643. The molecule has 0 spiro atoms. The van der Waals surface area contributed by atoms with Gasteiger partial charge in [0.15, 0.2) is 0 Å². The van der Waals surface area contributed by atoms with Crippen LogP contribution in [0.3, 0.4) is 0 Å². The fraction of sp³-hybridized carbons (Fsp3) is 1.00. The van der Waals surface area contributed by atoms with Gasteiger partial charge < -0.3 is 9.64 Å². The number of nitrogens with zero attached hydrogens (tertiary/aromatic N) is 1. The smallest absolute Gasteiger partial charge is 0.0589 e. The normalized spacial score (nSPS) is 20.0. The Balaban J connectivity index is 2.16. The molecule has 0 heterocycles. The topological polar surface area (TPSA) is 12.5 Å². The van der Waals surface area contributed by atoms with Gasteiger partial charge in [-0.1, -0.05) is 13.8 Å². The first kappa shape index (κ1) is 10.0. The molecule has 2 heteroatoms. The monoisotopic (exact) mass is 171 g/mol. The first-order chi connectivity index (χ1) is 5.70. The number of methoxy groups -OCH3 is 1. The third-order valence-corrected chi connectivity index (χ3v) is 2.77. The van der Waals surface area contributed by atoms with Crippen molar-refractivity contribution in [1.29, 1.82) is 0 Å². The zero-order valence-corrected chi connectivity index (χ0v) is 8.60. The molecule has 0 aromatic carbocycles. The molecule has 72 valence electrons. The molecule has 0 atom stereocenters. The standard InChI is InChI=1S/C10H21NO/c1-4-11(7-8-12-3)9-10(2)5-6-10/h4-9H2,1-3H3. The van der Waals surface area contributed by atoms with Crippen molar-refractivity contribution in [1.82, 2.24) is 4.90 Å². The predicted molar refractivity (Wildman–Crippen MR) is 51.3 cm³/mol. The lowest BCUT2D eigenvalue weighted by atomic mass is 10.1. The van der Waals surface area contributed by atoms with E-state index in [4.69, 9.17) is 4.74 Å². The van der Waals surface area contributed by atoms with Gasteiger partial charge in [0.1, 0.15) is 0 Å². The van der Waals surface area contributed by atoms with Crippen LogP contribution in [0.5, 0.6) is 0 Å². The Kier molecular flexibility index (Phi) is 3.53. The fourth-order valence-corrected chi connectivity index (χ4v) is 1.48. The summed E-state index contributed by atoms with van der Waals surface area (Å²) in [4.78, 5) is 2.48. The minimum atomic E-state index is 0.643. The minimum Gasteiger partial charge on any atom is -0.383 e. The number of rotatable bonds is 6. The third-order valence-electron chi connectivity index (χ3n) is 2.77. The largest absolute Gasteiger partial charge is 0.383 e. The molecule has 1 saturated carbocycles. The molecular formula is C10H21NO. The summed E-state index contributed by atoms with van der Waals surface area (Å²) in [6.07, 6.45) is 2.83. The van der Waals surface area contributed by atoms with E-state index in [2.05, 4.69) is 18.7 Å². The second-order valence-electron chi connectivity index (χ2n) is 4.17. The van der Waals surface area contributed by atoms with E-state index in [1.165, 1.54) is 19.4 Å². The fourth-order valence-electron chi connectivity index (χ4n) is 1.48. The van der Waals surface area contributed by atoms with Gasteiger partial charge in [-0.3, -0.25) is 0 Å². The zero-order chi connectivity index (χ0) is 9.03. The molecule has 12 heavy (non-hydrogen) atoms. The van der Waals surface area contributed by atoms with Gasteiger partial charge in [0.2, 0.25) is 0 Å². The Bertz CT molecular complexity index is 132. The SMILES string of the molecule is CCN(CCOC)CC1(C)CC1. The molecule has 0 unspecified atom stereocenters. The molecular weight excluding hydrogens is 150 g/mol. The summed E-state index contributed by atoms with van der Waals surface area (Å²) in [5, 5.41) is 0. The Hall–Kier alpha value is -0.0800. The Morgan fingerprint density at radius 2 is 2.08 bits per heavy atom. The lowest BCUT2D eigenvalue weighted by molar-refractivity contribution is 0.139. The van der Waals surface area contributed by atoms with Crippen molar-refractivity contribution in [2.75, 3.05) is 33.4 Å². The van der Waals surface area contributed by atoms with Crippen LogP contribution in [0.15, 0.2) is 0 Å². The molecule has 0 aromatic heterocycles. The lowest BCUT2D eigenvalue weighted by Crippen LogP contribution is -2.32. The highest BCUT2D eigenvalue weighted by molar-refractivity contribution is 4.90. The Labute approximate surface area is 75.9 Å². The van der Waals surface area contributed by atoms with Gasteiger partial charge in [-0.15, -0.1) is 0 Å². The molecule has 1 rings (SSSR count). The van der Waals surface area contributed by atoms with E-state index >= 15 is 0 Å². The van der Waals surface area contributed by atoms with Gasteiger partial charge in [0.05, 0.1) is 6.61 Å². The Morgan fingerprint density at radius 1 is 1.42 bits per heavy atom. The van der Waals surface area contributed by atoms with Crippen molar-refractivity contribution in [3.8, 4) is 0 Å². The summed E-state index contributed by atoms with van der Waals surface area (Å²) in [5.74, 6) is 0. The maximum absolute atomic E-state index is 5.07. The van der Waals surface area contributed by atoms with Crippen molar-refractivity contribution < 1.29 is 4.74 Å². The van der Waals surface area contributed by atoms with Gasteiger partial charge in [-0.05, 0) is 24.8 Å². The molecule has 1 aliphatic rings. The van der Waals surface area contributed by atoms with Crippen molar-refractivity contribution in [2.24, 2.45) is 5.41 Å². The van der Waals surface area contributed by atoms with Crippen LogP contribution in [0.25, 0.3) is 0 Å². The number of likely N-dealkylation sites (N-methyl/N-ethyl adjacent to an activating group) is 1. The van der Waals surface area contributed by atoms with E-state index in [-0.39, 0.29) is 0 Å². The molecule has 0 bridgehead atoms. The van der Waals surface area contributed by atoms with Crippen LogP contribution >= 0.6 is 0 Å². The molecule has 0 aromatic rings. The van der Waals surface area contributed by atoms with Crippen LogP contribution in [-0.4, -0.2) is 38.3 Å². The van der Waals surface area contributed by atoms with E-state index in [0.717, 1.165) is 19.7 Å². The van der Waals surface area contributed by atoms with E-state index in [9.17, 15) is 0 Å². The molecule has 2 nitrogen and oxygen atoms in total. The van der Waals surface area contributed by atoms with E-state index in [0.29, 0.717) is 5.41 Å². The molecule has 0 N–H and O–H groups in total. The van der Waals surface area contributed by atoms with E-state index < -0.39 is 0 Å². The van der Waals surface area contributed by atoms with Crippen LogP contribution in [0.1, 0.15) is 26.7 Å². The third kappa shape index (κ3) is 3.11. The minimum absolute atomic E-state index is 0.643. The van der Waals surface area contributed by atoms with Crippen molar-refractivity contribution in [3.63, 3.8) is 0 Å². The Morgan fingerprint density at radius 3 is 2.50 bits per heavy atom. The average molecular weight is 171 g/mol. The van der Waals surface area contributed by atoms with Crippen LogP contribution in [0.2, 0.25) is 0 Å². The molecule has 0 aliphatic heterocycles. The molecule has 0 saturated heterocycles. The maximum atomic E-state index is 5.07. The lowest BCUT2D eigenvalue weighted by Gasteiger charge is -2.23. The van der Waals surface area contributed by atoms with Crippen LogP contribution in [-0.2, 0) is 4.74 Å².